The van der Waals surface area contributed by atoms with Crippen LogP contribution < -0.4 is 10.5 Å². The summed E-state index contributed by atoms with van der Waals surface area (Å²) in [5.74, 6) is -0.0248. The molecule has 0 spiro atoms. The fraction of sp³-hybridized carbons (Fsp3) is 0.167. The van der Waals surface area contributed by atoms with E-state index < -0.39 is 16.1 Å². The van der Waals surface area contributed by atoms with Gasteiger partial charge in [0.15, 0.2) is 0 Å². The molecule has 0 aromatic carbocycles. The van der Waals surface area contributed by atoms with E-state index in [0.717, 1.165) is 0 Å². The highest BCUT2D eigenvalue weighted by atomic mass is 32.2. The van der Waals surface area contributed by atoms with Gasteiger partial charge >= 0.3 is 0 Å². The molecule has 6 nitrogen and oxygen atoms in total. The number of rotatable bonds is 4. The Balaban J connectivity index is 2.26. The summed E-state index contributed by atoms with van der Waals surface area (Å²) in [5, 5.41) is 0. The lowest BCUT2D eigenvalue weighted by molar-refractivity contribution is 0.564. The summed E-state index contributed by atoms with van der Waals surface area (Å²) < 4.78 is 26.9. The molecule has 2 rings (SSSR count). The molecule has 1 atom stereocenters. The first-order valence-corrected chi connectivity index (χ1v) is 7.13. The van der Waals surface area contributed by atoms with Crippen LogP contribution in [-0.4, -0.2) is 18.4 Å². The van der Waals surface area contributed by atoms with E-state index in [4.69, 9.17) is 5.73 Å². The third-order valence-electron chi connectivity index (χ3n) is 2.55. The van der Waals surface area contributed by atoms with Crippen LogP contribution >= 0.6 is 0 Å². The zero-order valence-corrected chi connectivity index (χ0v) is 11.1. The van der Waals surface area contributed by atoms with Crippen molar-refractivity contribution in [3.63, 3.8) is 0 Å². The van der Waals surface area contributed by atoms with Gasteiger partial charge in [-0.15, -0.1) is 0 Å². The van der Waals surface area contributed by atoms with Gasteiger partial charge in [-0.05, 0) is 31.2 Å². The number of hydrogen-bond acceptors (Lipinski definition) is 5. The average molecular weight is 278 g/mol. The van der Waals surface area contributed by atoms with E-state index in [0.29, 0.717) is 5.69 Å². The molecular formula is C12H14N4O2S. The summed E-state index contributed by atoms with van der Waals surface area (Å²) >= 11 is 0. The minimum absolute atomic E-state index is 0.0248. The monoisotopic (exact) mass is 278 g/mol. The van der Waals surface area contributed by atoms with Crippen molar-refractivity contribution >= 4 is 15.8 Å². The van der Waals surface area contributed by atoms with Gasteiger partial charge in [-0.25, -0.2) is 18.1 Å². The van der Waals surface area contributed by atoms with Gasteiger partial charge in [0.25, 0.3) is 0 Å². The maximum Gasteiger partial charge on any atom is 0.244 e. The number of hydrogen-bond donors (Lipinski definition) is 2. The fourth-order valence-electron chi connectivity index (χ4n) is 1.62. The van der Waals surface area contributed by atoms with Gasteiger partial charge in [-0.2, -0.15) is 0 Å². The van der Waals surface area contributed by atoms with Crippen molar-refractivity contribution in [1.29, 1.82) is 0 Å². The number of sulfonamides is 1. The Morgan fingerprint density at radius 1 is 1.16 bits per heavy atom. The van der Waals surface area contributed by atoms with Crippen molar-refractivity contribution in [2.45, 2.75) is 17.9 Å². The lowest BCUT2D eigenvalue weighted by Gasteiger charge is -2.14. The Bertz CT molecular complexity index is 658. The van der Waals surface area contributed by atoms with E-state index in [1.165, 1.54) is 18.3 Å². The highest BCUT2D eigenvalue weighted by molar-refractivity contribution is 7.89. The maximum atomic E-state index is 12.2. The predicted octanol–water partition coefficient (Wildman–Crippen LogP) is 1.10. The molecule has 7 heteroatoms. The second-order valence-corrected chi connectivity index (χ2v) is 5.67. The van der Waals surface area contributed by atoms with Crippen LogP contribution in [0, 0.1) is 0 Å². The third-order valence-corrected chi connectivity index (χ3v) is 4.14. The molecule has 0 aliphatic heterocycles. The molecule has 0 radical (unpaired) electrons. The second kappa shape index (κ2) is 5.33. The summed E-state index contributed by atoms with van der Waals surface area (Å²) in [6.07, 6.45) is 3.05. The summed E-state index contributed by atoms with van der Waals surface area (Å²) in [7, 11) is -3.72. The minimum Gasteiger partial charge on any atom is -0.383 e. The standard InChI is InChI=1S/C12H14N4O2S/c1-9(10-5-2-3-7-14-10)16-19(17,18)11-6-4-8-15-12(11)13/h2-9,16H,1H3,(H2,13,15). The Morgan fingerprint density at radius 2 is 1.89 bits per heavy atom. The number of pyridine rings is 2. The Labute approximate surface area is 111 Å². The SMILES string of the molecule is CC(NS(=O)(=O)c1cccnc1N)c1ccccn1. The summed E-state index contributed by atoms with van der Waals surface area (Å²) in [4.78, 5) is 7.84. The molecule has 0 saturated carbocycles. The zero-order chi connectivity index (χ0) is 13.9. The molecule has 3 N–H and O–H groups in total. The summed E-state index contributed by atoms with van der Waals surface area (Å²) in [6, 6.07) is 7.80. The Hall–Kier alpha value is -1.99. The zero-order valence-electron chi connectivity index (χ0n) is 10.3. The van der Waals surface area contributed by atoms with Crippen LogP contribution in [0.1, 0.15) is 18.7 Å². The molecule has 100 valence electrons. The third kappa shape index (κ3) is 3.07. The Morgan fingerprint density at radius 3 is 2.53 bits per heavy atom. The average Bonchev–Trinajstić information content (AvgIpc) is 2.39. The molecule has 0 amide bonds. The van der Waals surface area contributed by atoms with E-state index in [9.17, 15) is 8.42 Å². The van der Waals surface area contributed by atoms with Crippen LogP contribution in [0.4, 0.5) is 5.82 Å². The number of nitrogens with one attached hydrogen (secondary N) is 1. The number of nitrogens with zero attached hydrogens (tertiary/aromatic N) is 2. The predicted molar refractivity (Wildman–Crippen MR) is 71.6 cm³/mol. The Kier molecular flexibility index (Phi) is 3.77. The number of nitrogen functional groups attached to an aromatic ring is 1. The van der Waals surface area contributed by atoms with Crippen LogP contribution in [0.3, 0.4) is 0 Å². The van der Waals surface area contributed by atoms with Gasteiger partial charge < -0.3 is 5.73 Å². The van der Waals surface area contributed by atoms with E-state index >= 15 is 0 Å². The van der Waals surface area contributed by atoms with Gasteiger partial charge in [0, 0.05) is 12.4 Å². The van der Waals surface area contributed by atoms with Gasteiger partial charge in [-0.3, -0.25) is 4.98 Å². The molecule has 2 aromatic rings. The molecule has 0 saturated heterocycles. The summed E-state index contributed by atoms with van der Waals surface area (Å²) in [5.41, 5.74) is 6.21. The molecule has 19 heavy (non-hydrogen) atoms. The molecule has 0 aliphatic rings. The molecule has 2 aromatic heterocycles. The van der Waals surface area contributed by atoms with Gasteiger partial charge in [0.2, 0.25) is 10.0 Å². The largest absolute Gasteiger partial charge is 0.383 e. The van der Waals surface area contributed by atoms with Crippen LogP contribution in [0.25, 0.3) is 0 Å². The topological polar surface area (TPSA) is 98.0 Å². The quantitative estimate of drug-likeness (QED) is 0.872. The first-order valence-electron chi connectivity index (χ1n) is 5.64. The van der Waals surface area contributed by atoms with Crippen LogP contribution in [0.2, 0.25) is 0 Å². The van der Waals surface area contributed by atoms with E-state index in [2.05, 4.69) is 14.7 Å². The van der Waals surface area contributed by atoms with Crippen molar-refractivity contribution in [2.24, 2.45) is 0 Å². The van der Waals surface area contributed by atoms with E-state index in [1.54, 1.807) is 31.3 Å². The second-order valence-electron chi connectivity index (χ2n) is 3.98. The van der Waals surface area contributed by atoms with Crippen LogP contribution in [-0.2, 0) is 10.0 Å². The van der Waals surface area contributed by atoms with Crippen molar-refractivity contribution < 1.29 is 8.42 Å². The molecule has 0 aliphatic carbocycles. The highest BCUT2D eigenvalue weighted by Crippen LogP contribution is 2.18. The summed E-state index contributed by atoms with van der Waals surface area (Å²) in [6.45, 7) is 1.71. The van der Waals surface area contributed by atoms with Crippen molar-refractivity contribution in [3.8, 4) is 0 Å². The van der Waals surface area contributed by atoms with Crippen molar-refractivity contribution in [3.05, 3.63) is 48.4 Å². The lowest BCUT2D eigenvalue weighted by Crippen LogP contribution is -2.28. The minimum atomic E-state index is -3.72. The maximum absolute atomic E-state index is 12.2. The number of aromatic nitrogens is 2. The smallest absolute Gasteiger partial charge is 0.244 e. The number of nitrogens with two attached hydrogens (primary N) is 1. The number of anilines is 1. The van der Waals surface area contributed by atoms with Gasteiger partial charge in [0.05, 0.1) is 11.7 Å². The van der Waals surface area contributed by atoms with E-state index in [1.807, 2.05) is 0 Å². The first-order chi connectivity index (χ1) is 9.00. The molecule has 0 fully saturated rings. The van der Waals surface area contributed by atoms with E-state index in [-0.39, 0.29) is 10.7 Å². The lowest BCUT2D eigenvalue weighted by atomic mass is 10.2. The normalized spacial score (nSPS) is 13.1. The first kappa shape index (κ1) is 13.4. The van der Waals surface area contributed by atoms with Crippen LogP contribution in [0.15, 0.2) is 47.6 Å². The van der Waals surface area contributed by atoms with Crippen molar-refractivity contribution in [1.82, 2.24) is 14.7 Å². The molecule has 2 heterocycles. The molecular weight excluding hydrogens is 264 g/mol. The molecule has 0 bridgehead atoms. The molecule has 1 unspecified atom stereocenters. The van der Waals surface area contributed by atoms with Gasteiger partial charge in [-0.1, -0.05) is 6.07 Å². The van der Waals surface area contributed by atoms with Gasteiger partial charge in [0.1, 0.15) is 10.7 Å². The van der Waals surface area contributed by atoms with Crippen LogP contribution in [0.5, 0.6) is 0 Å². The van der Waals surface area contributed by atoms with Crippen molar-refractivity contribution in [2.75, 3.05) is 5.73 Å². The fourth-order valence-corrected chi connectivity index (χ4v) is 2.92. The highest BCUT2D eigenvalue weighted by Gasteiger charge is 2.21.